The van der Waals surface area contributed by atoms with E-state index in [1.165, 1.54) is 31.2 Å². The highest BCUT2D eigenvalue weighted by atomic mass is 32.1. The molecule has 96 valence electrons. The van der Waals surface area contributed by atoms with Gasteiger partial charge in [0.05, 0.1) is 6.54 Å². The minimum Gasteiger partial charge on any atom is -0.318 e. The van der Waals surface area contributed by atoms with Gasteiger partial charge in [0.15, 0.2) is 0 Å². The van der Waals surface area contributed by atoms with E-state index in [-0.39, 0.29) is 6.17 Å². The number of nitrogens with one attached hydrogen (secondary N) is 1. The third-order valence-electron chi connectivity index (χ3n) is 4.40. The highest BCUT2D eigenvalue weighted by Crippen LogP contribution is 2.49. The van der Waals surface area contributed by atoms with E-state index in [4.69, 9.17) is 0 Å². The van der Waals surface area contributed by atoms with E-state index >= 15 is 0 Å². The van der Waals surface area contributed by atoms with E-state index in [1.54, 1.807) is 11.3 Å². The van der Waals surface area contributed by atoms with Crippen LogP contribution in [-0.2, 0) is 4.79 Å². The molecule has 2 aliphatic carbocycles. The Kier molecular flexibility index (Phi) is 2.49. The van der Waals surface area contributed by atoms with Crippen LogP contribution in [0.1, 0.15) is 37.4 Å². The zero-order valence-corrected chi connectivity index (χ0v) is 11.2. The maximum Gasteiger partial charge on any atom is 0.238 e. The van der Waals surface area contributed by atoms with Crippen molar-refractivity contribution in [2.45, 2.75) is 37.9 Å². The third kappa shape index (κ3) is 1.79. The van der Waals surface area contributed by atoms with Crippen LogP contribution in [0, 0.1) is 11.8 Å². The first-order valence-corrected chi connectivity index (χ1v) is 7.85. The maximum atomic E-state index is 12.3. The summed E-state index contributed by atoms with van der Waals surface area (Å²) in [6, 6.07) is 2.66. The van der Waals surface area contributed by atoms with Gasteiger partial charge in [-0.3, -0.25) is 10.1 Å². The number of carbonyl (C=O) groups excluding carboxylic acids is 1. The molecule has 18 heavy (non-hydrogen) atoms. The van der Waals surface area contributed by atoms with Crippen molar-refractivity contribution in [1.29, 1.82) is 0 Å². The van der Waals surface area contributed by atoms with Gasteiger partial charge in [0.25, 0.3) is 0 Å². The fraction of sp³-hybridized carbons (Fsp3) is 0.643. The number of amides is 1. The molecular weight excluding hydrogens is 244 g/mol. The number of hydrogen-bond donors (Lipinski definition) is 1. The van der Waals surface area contributed by atoms with Gasteiger partial charge in [-0.1, -0.05) is 0 Å². The molecule has 1 aromatic rings. The predicted molar refractivity (Wildman–Crippen MR) is 71.1 cm³/mol. The van der Waals surface area contributed by atoms with Crippen LogP contribution in [-0.4, -0.2) is 23.4 Å². The van der Waals surface area contributed by atoms with E-state index < -0.39 is 0 Å². The molecule has 3 nitrogen and oxygen atoms in total. The topological polar surface area (TPSA) is 32.3 Å². The first-order chi connectivity index (χ1) is 8.84. The van der Waals surface area contributed by atoms with E-state index in [1.807, 2.05) is 0 Å². The lowest BCUT2D eigenvalue weighted by molar-refractivity contribution is -0.131. The van der Waals surface area contributed by atoms with Crippen LogP contribution < -0.4 is 5.32 Å². The molecule has 2 heterocycles. The smallest absolute Gasteiger partial charge is 0.238 e. The van der Waals surface area contributed by atoms with Crippen LogP contribution in [0.4, 0.5) is 0 Å². The molecule has 4 rings (SSSR count). The van der Waals surface area contributed by atoms with Crippen molar-refractivity contribution in [3.8, 4) is 0 Å². The Labute approximate surface area is 111 Å². The lowest BCUT2D eigenvalue weighted by Crippen LogP contribution is -2.42. The molecule has 1 N–H and O–H groups in total. The van der Waals surface area contributed by atoms with Crippen LogP contribution >= 0.6 is 11.3 Å². The van der Waals surface area contributed by atoms with Gasteiger partial charge in [0.2, 0.25) is 5.91 Å². The molecular formula is C14H18N2OS. The van der Waals surface area contributed by atoms with Gasteiger partial charge in [-0.2, -0.15) is 11.3 Å². The number of nitrogens with zero attached hydrogens (tertiary/aromatic N) is 1. The molecule has 0 spiro atoms. The first kappa shape index (κ1) is 11.0. The van der Waals surface area contributed by atoms with Gasteiger partial charge < -0.3 is 4.90 Å². The van der Waals surface area contributed by atoms with Crippen molar-refractivity contribution >= 4 is 17.2 Å². The lowest BCUT2D eigenvalue weighted by atomic mass is 10.0. The average Bonchev–Trinajstić information content (AvgIpc) is 3.27. The largest absolute Gasteiger partial charge is 0.318 e. The summed E-state index contributed by atoms with van der Waals surface area (Å²) in [5.74, 6) is 1.86. The van der Waals surface area contributed by atoms with Gasteiger partial charge in [-0.15, -0.1) is 0 Å². The highest BCUT2D eigenvalue weighted by Gasteiger charge is 2.49. The SMILES string of the molecule is O=C1CNC(c2ccsc2)N1C(C1CC1)C1CC1. The summed E-state index contributed by atoms with van der Waals surface area (Å²) >= 11 is 1.71. The van der Waals surface area contributed by atoms with Crippen molar-refractivity contribution in [2.24, 2.45) is 11.8 Å². The summed E-state index contributed by atoms with van der Waals surface area (Å²) in [6.45, 7) is 0.510. The second-order valence-corrected chi connectivity index (χ2v) is 6.59. The zero-order valence-electron chi connectivity index (χ0n) is 10.3. The van der Waals surface area contributed by atoms with E-state index in [2.05, 4.69) is 27.0 Å². The Bertz CT molecular complexity index is 438. The van der Waals surface area contributed by atoms with Crippen LogP contribution in [0.2, 0.25) is 0 Å². The normalized spacial score (nSPS) is 28.4. The van der Waals surface area contributed by atoms with Crippen molar-refractivity contribution in [3.63, 3.8) is 0 Å². The van der Waals surface area contributed by atoms with Crippen LogP contribution in [0.15, 0.2) is 16.8 Å². The standard InChI is InChI=1S/C14H18N2OS/c17-12-7-15-14(11-5-6-18-8-11)16(12)13(9-1-2-9)10-3-4-10/h5-6,8-10,13-15H,1-4,7H2. The Balaban J connectivity index is 1.64. The molecule has 3 fully saturated rings. The van der Waals surface area contributed by atoms with Crippen molar-refractivity contribution in [3.05, 3.63) is 22.4 Å². The number of carbonyl (C=O) groups is 1. The summed E-state index contributed by atoms with van der Waals surface area (Å²) in [5, 5.41) is 7.65. The van der Waals surface area contributed by atoms with Crippen molar-refractivity contribution < 1.29 is 4.79 Å². The number of hydrogen-bond acceptors (Lipinski definition) is 3. The first-order valence-electron chi connectivity index (χ1n) is 6.91. The quantitative estimate of drug-likeness (QED) is 0.903. The van der Waals surface area contributed by atoms with Gasteiger partial charge in [-0.25, -0.2) is 0 Å². The van der Waals surface area contributed by atoms with Crippen molar-refractivity contribution in [1.82, 2.24) is 10.2 Å². The van der Waals surface area contributed by atoms with Gasteiger partial charge in [0, 0.05) is 6.04 Å². The molecule has 0 aromatic carbocycles. The molecule has 1 amide bonds. The van der Waals surface area contributed by atoms with Gasteiger partial charge in [-0.05, 0) is 59.9 Å². The summed E-state index contributed by atoms with van der Waals surface area (Å²) in [7, 11) is 0. The van der Waals surface area contributed by atoms with E-state index in [0.717, 1.165) is 11.8 Å². The molecule has 0 radical (unpaired) electrons. The summed E-state index contributed by atoms with van der Waals surface area (Å²) < 4.78 is 0. The van der Waals surface area contributed by atoms with Gasteiger partial charge in [0.1, 0.15) is 6.17 Å². The second kappa shape index (κ2) is 4.07. The molecule has 3 aliphatic rings. The van der Waals surface area contributed by atoms with Crippen LogP contribution in [0.3, 0.4) is 0 Å². The predicted octanol–water partition coefficient (Wildman–Crippen LogP) is 2.37. The monoisotopic (exact) mass is 262 g/mol. The molecule has 1 aliphatic heterocycles. The highest BCUT2D eigenvalue weighted by molar-refractivity contribution is 7.07. The Morgan fingerprint density at radius 2 is 2.00 bits per heavy atom. The lowest BCUT2D eigenvalue weighted by Gasteiger charge is -2.33. The third-order valence-corrected chi connectivity index (χ3v) is 5.10. The summed E-state index contributed by atoms with van der Waals surface area (Å²) in [4.78, 5) is 14.4. The van der Waals surface area contributed by atoms with E-state index in [9.17, 15) is 4.79 Å². The fourth-order valence-corrected chi connectivity index (χ4v) is 3.96. The fourth-order valence-electron chi connectivity index (χ4n) is 3.28. The number of rotatable bonds is 4. The van der Waals surface area contributed by atoms with E-state index in [0.29, 0.717) is 18.5 Å². The summed E-state index contributed by atoms with van der Waals surface area (Å²) in [6.07, 6.45) is 5.42. The molecule has 1 saturated heterocycles. The molecule has 1 unspecified atom stereocenters. The Hall–Kier alpha value is -0.870. The summed E-state index contributed by atoms with van der Waals surface area (Å²) in [5.41, 5.74) is 1.26. The Morgan fingerprint density at radius 3 is 2.56 bits per heavy atom. The average molecular weight is 262 g/mol. The Morgan fingerprint density at radius 1 is 1.28 bits per heavy atom. The molecule has 1 aromatic heterocycles. The molecule has 4 heteroatoms. The number of thiophene rings is 1. The minimum absolute atomic E-state index is 0.134. The van der Waals surface area contributed by atoms with Crippen LogP contribution in [0.25, 0.3) is 0 Å². The molecule has 1 atom stereocenters. The second-order valence-electron chi connectivity index (χ2n) is 5.81. The molecule has 2 saturated carbocycles. The van der Waals surface area contributed by atoms with Crippen molar-refractivity contribution in [2.75, 3.05) is 6.54 Å². The van der Waals surface area contributed by atoms with Gasteiger partial charge >= 0.3 is 0 Å². The minimum atomic E-state index is 0.134. The van der Waals surface area contributed by atoms with Crippen LogP contribution in [0.5, 0.6) is 0 Å². The zero-order chi connectivity index (χ0) is 12.1. The molecule has 0 bridgehead atoms. The maximum absolute atomic E-state index is 12.3.